The van der Waals surface area contributed by atoms with Gasteiger partial charge >= 0.3 is 6.09 Å². The molecule has 112 valence electrons. The van der Waals surface area contributed by atoms with Crippen molar-refractivity contribution in [1.29, 1.82) is 5.26 Å². The number of ether oxygens (including phenoxy) is 2. The van der Waals surface area contributed by atoms with Crippen LogP contribution in [0.25, 0.3) is 0 Å². The Morgan fingerprint density at radius 3 is 2.50 bits per heavy atom. The van der Waals surface area contributed by atoms with Gasteiger partial charge in [-0.1, -0.05) is 30.3 Å². The van der Waals surface area contributed by atoms with Crippen LogP contribution in [0.2, 0.25) is 0 Å². The maximum Gasteiger partial charge on any atom is 0.407 e. The van der Waals surface area contributed by atoms with Crippen LogP contribution in [0, 0.1) is 11.3 Å². The van der Waals surface area contributed by atoms with Crippen molar-refractivity contribution < 1.29 is 14.3 Å². The van der Waals surface area contributed by atoms with Crippen LogP contribution in [-0.2, 0) is 11.3 Å². The lowest BCUT2D eigenvalue weighted by Crippen LogP contribution is -2.28. The zero-order valence-electron chi connectivity index (χ0n) is 12.0. The van der Waals surface area contributed by atoms with E-state index in [1.165, 1.54) is 0 Å². The van der Waals surface area contributed by atoms with Crippen LogP contribution in [0.3, 0.4) is 0 Å². The molecule has 2 rings (SSSR count). The Kier molecular flexibility index (Phi) is 5.82. The normalized spacial score (nSPS) is 9.59. The first-order chi connectivity index (χ1) is 10.8. The minimum absolute atomic E-state index is 0.239. The molecule has 5 nitrogen and oxygen atoms in total. The molecule has 0 aromatic heterocycles. The summed E-state index contributed by atoms with van der Waals surface area (Å²) < 4.78 is 10.5. The van der Waals surface area contributed by atoms with Crippen molar-refractivity contribution in [3.8, 4) is 11.8 Å². The third-order valence-corrected chi connectivity index (χ3v) is 2.84. The highest BCUT2D eigenvalue weighted by atomic mass is 16.5. The molecular weight excluding hydrogens is 280 g/mol. The highest BCUT2D eigenvalue weighted by Gasteiger charge is 2.02. The van der Waals surface area contributed by atoms with E-state index in [0.29, 0.717) is 24.5 Å². The Morgan fingerprint density at radius 1 is 1.09 bits per heavy atom. The monoisotopic (exact) mass is 296 g/mol. The van der Waals surface area contributed by atoms with E-state index in [1.807, 2.05) is 36.4 Å². The summed E-state index contributed by atoms with van der Waals surface area (Å²) in [6.07, 6.45) is -0.479. The molecular formula is C17H16N2O3. The molecule has 0 aliphatic rings. The lowest BCUT2D eigenvalue weighted by molar-refractivity contribution is 0.137. The fourth-order valence-corrected chi connectivity index (χ4v) is 1.72. The van der Waals surface area contributed by atoms with Gasteiger partial charge in [-0.05, 0) is 29.8 Å². The van der Waals surface area contributed by atoms with E-state index in [4.69, 9.17) is 14.7 Å². The number of nitrogens with zero attached hydrogens (tertiary/aromatic N) is 1. The largest absolute Gasteiger partial charge is 0.492 e. The summed E-state index contributed by atoms with van der Waals surface area (Å²) in [6, 6.07) is 18.3. The molecule has 2 aromatic rings. The summed E-state index contributed by atoms with van der Waals surface area (Å²) >= 11 is 0. The number of carbonyl (C=O) groups is 1. The first-order valence-electron chi connectivity index (χ1n) is 6.85. The molecule has 0 aliphatic carbocycles. The predicted octanol–water partition coefficient (Wildman–Crippen LogP) is 2.86. The maximum atomic E-state index is 11.5. The molecule has 0 saturated heterocycles. The van der Waals surface area contributed by atoms with E-state index in [1.54, 1.807) is 24.3 Å². The quantitative estimate of drug-likeness (QED) is 0.832. The number of benzene rings is 2. The van der Waals surface area contributed by atoms with E-state index in [0.717, 1.165) is 5.56 Å². The second-order valence-corrected chi connectivity index (χ2v) is 4.47. The number of alkyl carbamates (subject to hydrolysis) is 1. The molecule has 0 bridgehead atoms. The SMILES string of the molecule is N#Cc1ccc(OCCNC(=O)OCc2ccccc2)cc1. The van der Waals surface area contributed by atoms with E-state index in [9.17, 15) is 4.79 Å². The second kappa shape index (κ2) is 8.32. The van der Waals surface area contributed by atoms with E-state index >= 15 is 0 Å². The van der Waals surface area contributed by atoms with Gasteiger partial charge < -0.3 is 14.8 Å². The van der Waals surface area contributed by atoms with Gasteiger partial charge in [0.1, 0.15) is 19.0 Å². The first-order valence-corrected chi connectivity index (χ1v) is 6.85. The van der Waals surface area contributed by atoms with E-state index in [2.05, 4.69) is 5.32 Å². The number of amides is 1. The van der Waals surface area contributed by atoms with Gasteiger partial charge in [0.05, 0.1) is 18.2 Å². The van der Waals surface area contributed by atoms with E-state index < -0.39 is 6.09 Å². The number of carbonyl (C=O) groups excluding carboxylic acids is 1. The lowest BCUT2D eigenvalue weighted by Gasteiger charge is -2.08. The molecule has 0 fully saturated rings. The number of nitriles is 1. The van der Waals surface area contributed by atoms with Gasteiger partial charge in [0.25, 0.3) is 0 Å². The second-order valence-electron chi connectivity index (χ2n) is 4.47. The van der Waals surface area contributed by atoms with Crippen molar-refractivity contribution in [1.82, 2.24) is 5.32 Å². The van der Waals surface area contributed by atoms with Gasteiger partial charge in [-0.3, -0.25) is 0 Å². The van der Waals surface area contributed by atoms with Crippen LogP contribution in [-0.4, -0.2) is 19.2 Å². The Labute approximate surface area is 129 Å². The van der Waals surface area contributed by atoms with E-state index in [-0.39, 0.29) is 6.61 Å². The summed E-state index contributed by atoms with van der Waals surface area (Å²) in [5.41, 5.74) is 1.52. The summed E-state index contributed by atoms with van der Waals surface area (Å²) in [5, 5.41) is 11.3. The van der Waals surface area contributed by atoms with Crippen LogP contribution in [0.4, 0.5) is 4.79 Å². The Balaban J connectivity index is 1.61. The Bertz CT molecular complexity index is 633. The summed E-state index contributed by atoms with van der Waals surface area (Å²) in [4.78, 5) is 11.5. The average molecular weight is 296 g/mol. The zero-order chi connectivity index (χ0) is 15.6. The first kappa shape index (κ1) is 15.4. The van der Waals surface area contributed by atoms with Gasteiger partial charge in [-0.15, -0.1) is 0 Å². The zero-order valence-corrected chi connectivity index (χ0v) is 12.0. The molecule has 22 heavy (non-hydrogen) atoms. The van der Waals surface area contributed by atoms with Crippen molar-refractivity contribution in [2.75, 3.05) is 13.2 Å². The topological polar surface area (TPSA) is 71.3 Å². The van der Waals surface area contributed by atoms with Crippen molar-refractivity contribution in [3.05, 3.63) is 65.7 Å². The third-order valence-electron chi connectivity index (χ3n) is 2.84. The molecule has 1 amide bonds. The minimum Gasteiger partial charge on any atom is -0.492 e. The predicted molar refractivity (Wildman–Crippen MR) is 81.3 cm³/mol. The van der Waals surface area contributed by atoms with Gasteiger partial charge in [-0.25, -0.2) is 4.79 Å². The Hall–Kier alpha value is -3.00. The molecule has 5 heteroatoms. The van der Waals surface area contributed by atoms with Gasteiger partial charge in [0.2, 0.25) is 0 Å². The van der Waals surface area contributed by atoms with Gasteiger partial charge in [0, 0.05) is 0 Å². The van der Waals surface area contributed by atoms with Crippen molar-refractivity contribution in [3.63, 3.8) is 0 Å². The molecule has 0 spiro atoms. The molecule has 0 aliphatic heterocycles. The molecule has 0 saturated carbocycles. The smallest absolute Gasteiger partial charge is 0.407 e. The summed E-state index contributed by atoms with van der Waals surface area (Å²) in [7, 11) is 0. The Morgan fingerprint density at radius 2 is 1.82 bits per heavy atom. The fourth-order valence-electron chi connectivity index (χ4n) is 1.72. The van der Waals surface area contributed by atoms with Crippen LogP contribution in [0.5, 0.6) is 5.75 Å². The standard InChI is InChI=1S/C17H16N2O3/c18-12-14-6-8-16(9-7-14)21-11-10-19-17(20)22-13-15-4-2-1-3-5-15/h1-9H,10-11,13H2,(H,19,20). The average Bonchev–Trinajstić information content (AvgIpc) is 2.58. The molecule has 0 atom stereocenters. The maximum absolute atomic E-state index is 11.5. The third kappa shape index (κ3) is 5.17. The van der Waals surface area contributed by atoms with Gasteiger partial charge in [0.15, 0.2) is 0 Å². The summed E-state index contributed by atoms with van der Waals surface area (Å²) in [5.74, 6) is 0.651. The summed E-state index contributed by atoms with van der Waals surface area (Å²) in [6.45, 7) is 0.906. The number of rotatable bonds is 6. The van der Waals surface area contributed by atoms with Crippen LogP contribution < -0.4 is 10.1 Å². The number of hydrogen-bond acceptors (Lipinski definition) is 4. The number of hydrogen-bond donors (Lipinski definition) is 1. The van der Waals surface area contributed by atoms with Gasteiger partial charge in [-0.2, -0.15) is 5.26 Å². The minimum atomic E-state index is -0.479. The molecule has 0 heterocycles. The van der Waals surface area contributed by atoms with Crippen LogP contribution in [0.15, 0.2) is 54.6 Å². The van der Waals surface area contributed by atoms with Crippen molar-refractivity contribution >= 4 is 6.09 Å². The van der Waals surface area contributed by atoms with Crippen molar-refractivity contribution in [2.24, 2.45) is 0 Å². The molecule has 0 unspecified atom stereocenters. The molecule has 1 N–H and O–H groups in total. The van der Waals surface area contributed by atoms with Crippen molar-refractivity contribution in [2.45, 2.75) is 6.61 Å². The molecule has 2 aromatic carbocycles. The van der Waals surface area contributed by atoms with Crippen LogP contribution >= 0.6 is 0 Å². The fraction of sp³-hybridized carbons (Fsp3) is 0.176. The highest BCUT2D eigenvalue weighted by Crippen LogP contribution is 2.10. The molecule has 0 radical (unpaired) electrons. The lowest BCUT2D eigenvalue weighted by atomic mass is 10.2. The number of nitrogens with one attached hydrogen (secondary N) is 1. The highest BCUT2D eigenvalue weighted by molar-refractivity contribution is 5.67. The van der Waals surface area contributed by atoms with Crippen LogP contribution in [0.1, 0.15) is 11.1 Å².